The Bertz CT molecular complexity index is 445. The molecule has 0 atom stereocenters. The Balaban J connectivity index is 2.56. The van der Waals surface area contributed by atoms with Crippen LogP contribution in [0.5, 0.6) is 0 Å². The largest absolute Gasteiger partial charge is 0.450 e. The van der Waals surface area contributed by atoms with Crippen LogP contribution in [0.3, 0.4) is 0 Å². The molecule has 0 N–H and O–H groups in total. The summed E-state index contributed by atoms with van der Waals surface area (Å²) in [4.78, 5) is 25.3. The van der Waals surface area contributed by atoms with Crippen LogP contribution >= 0.6 is 15.9 Å². The number of ether oxygens (including phenoxy) is 1. The molecule has 0 fully saturated rings. The van der Waals surface area contributed by atoms with Gasteiger partial charge in [0.15, 0.2) is 11.3 Å². The van der Waals surface area contributed by atoms with E-state index in [0.29, 0.717) is 4.67 Å². The first-order valence-corrected chi connectivity index (χ1v) is 6.85. The lowest BCUT2D eigenvalue weighted by Gasteiger charge is -2.30. The van der Waals surface area contributed by atoms with Crippen LogP contribution in [0.1, 0.15) is 38.2 Å². The second kappa shape index (κ2) is 6.75. The molecule has 1 aromatic rings. The van der Waals surface area contributed by atoms with Crippen LogP contribution in [-0.2, 0) is 9.53 Å². The third kappa shape index (κ3) is 4.38. The van der Waals surface area contributed by atoms with Crippen molar-refractivity contribution in [1.82, 2.24) is 4.90 Å². The summed E-state index contributed by atoms with van der Waals surface area (Å²) in [5.41, 5.74) is 0. The van der Waals surface area contributed by atoms with E-state index in [9.17, 15) is 9.59 Å². The fourth-order valence-electron chi connectivity index (χ4n) is 1.87. The highest BCUT2D eigenvalue weighted by atomic mass is 79.9. The molecule has 0 aliphatic carbocycles. The van der Waals surface area contributed by atoms with Crippen molar-refractivity contribution >= 4 is 27.8 Å². The smallest absolute Gasteiger partial charge is 0.374 e. The van der Waals surface area contributed by atoms with Gasteiger partial charge in [-0.05, 0) is 55.8 Å². The number of esters is 1. The van der Waals surface area contributed by atoms with E-state index < -0.39 is 5.97 Å². The zero-order valence-corrected chi connectivity index (χ0v) is 13.1. The molecule has 0 bridgehead atoms. The molecule has 0 unspecified atom stereocenters. The van der Waals surface area contributed by atoms with Crippen molar-refractivity contribution in [3.8, 4) is 0 Å². The van der Waals surface area contributed by atoms with Crippen LogP contribution in [0.25, 0.3) is 0 Å². The lowest BCUT2D eigenvalue weighted by molar-refractivity contribution is -0.138. The Morgan fingerprint density at radius 2 is 1.84 bits per heavy atom. The van der Waals surface area contributed by atoms with E-state index in [-0.39, 0.29) is 30.4 Å². The predicted molar refractivity (Wildman–Crippen MR) is 73.8 cm³/mol. The highest BCUT2D eigenvalue weighted by Crippen LogP contribution is 2.15. The monoisotopic (exact) mass is 331 g/mol. The SMILES string of the molecule is CC(C)N(C(=O)COC(=O)c1ccc(Br)o1)C(C)C. The molecular formula is C13H18BrNO4. The third-order valence-corrected chi connectivity index (χ3v) is 2.93. The second-order valence-electron chi connectivity index (χ2n) is 4.67. The Labute approximate surface area is 121 Å². The van der Waals surface area contributed by atoms with Crippen LogP contribution in [0.2, 0.25) is 0 Å². The summed E-state index contributed by atoms with van der Waals surface area (Å²) < 4.78 is 10.4. The molecule has 1 amide bonds. The van der Waals surface area contributed by atoms with Gasteiger partial charge in [0.1, 0.15) is 0 Å². The van der Waals surface area contributed by atoms with Gasteiger partial charge < -0.3 is 14.1 Å². The van der Waals surface area contributed by atoms with Crippen LogP contribution < -0.4 is 0 Å². The van der Waals surface area contributed by atoms with Gasteiger partial charge in [-0.15, -0.1) is 0 Å². The number of carbonyl (C=O) groups excluding carboxylic acids is 2. The normalized spacial score (nSPS) is 10.9. The van der Waals surface area contributed by atoms with Crippen molar-refractivity contribution < 1.29 is 18.7 Å². The van der Waals surface area contributed by atoms with Gasteiger partial charge in [0.2, 0.25) is 5.76 Å². The Morgan fingerprint density at radius 1 is 1.26 bits per heavy atom. The molecule has 0 aliphatic rings. The quantitative estimate of drug-likeness (QED) is 0.778. The van der Waals surface area contributed by atoms with Gasteiger partial charge in [-0.1, -0.05) is 0 Å². The van der Waals surface area contributed by atoms with Crippen molar-refractivity contribution in [3.05, 3.63) is 22.6 Å². The Morgan fingerprint density at radius 3 is 2.26 bits per heavy atom. The van der Waals surface area contributed by atoms with Gasteiger partial charge in [0, 0.05) is 12.1 Å². The molecule has 0 spiro atoms. The molecule has 0 saturated carbocycles. The number of halogens is 1. The first kappa shape index (κ1) is 15.8. The summed E-state index contributed by atoms with van der Waals surface area (Å²) in [5, 5.41) is 0. The summed E-state index contributed by atoms with van der Waals surface area (Å²) in [7, 11) is 0. The van der Waals surface area contributed by atoms with Crippen molar-refractivity contribution in [2.45, 2.75) is 39.8 Å². The van der Waals surface area contributed by atoms with E-state index in [1.54, 1.807) is 11.0 Å². The summed E-state index contributed by atoms with van der Waals surface area (Å²) in [6, 6.07) is 3.19. The van der Waals surface area contributed by atoms with Crippen molar-refractivity contribution in [2.24, 2.45) is 0 Å². The predicted octanol–water partition coefficient (Wildman–Crippen LogP) is 2.84. The number of hydrogen-bond donors (Lipinski definition) is 0. The molecule has 0 aliphatic heterocycles. The van der Waals surface area contributed by atoms with Crippen molar-refractivity contribution in [2.75, 3.05) is 6.61 Å². The standard InChI is InChI=1S/C13H18BrNO4/c1-8(2)15(9(3)4)12(16)7-18-13(17)10-5-6-11(14)19-10/h5-6,8-9H,7H2,1-4H3. The van der Waals surface area contributed by atoms with E-state index in [2.05, 4.69) is 15.9 Å². The Kier molecular flexibility index (Phi) is 5.60. The zero-order chi connectivity index (χ0) is 14.6. The molecule has 19 heavy (non-hydrogen) atoms. The Hall–Kier alpha value is -1.30. The fraction of sp³-hybridized carbons (Fsp3) is 0.538. The van der Waals surface area contributed by atoms with E-state index >= 15 is 0 Å². The molecule has 6 heteroatoms. The van der Waals surface area contributed by atoms with Crippen LogP contribution in [0.15, 0.2) is 21.2 Å². The lowest BCUT2D eigenvalue weighted by Crippen LogP contribution is -2.44. The molecule has 1 rings (SSSR count). The number of carbonyl (C=O) groups is 2. The highest BCUT2D eigenvalue weighted by molar-refractivity contribution is 9.10. The first-order chi connectivity index (χ1) is 8.82. The van der Waals surface area contributed by atoms with Gasteiger partial charge >= 0.3 is 5.97 Å². The molecule has 0 aromatic carbocycles. The van der Waals surface area contributed by atoms with Crippen LogP contribution in [-0.4, -0.2) is 35.5 Å². The average molecular weight is 332 g/mol. The van der Waals surface area contributed by atoms with Gasteiger partial charge in [-0.25, -0.2) is 4.79 Å². The van der Waals surface area contributed by atoms with Gasteiger partial charge in [-0.3, -0.25) is 4.79 Å². The van der Waals surface area contributed by atoms with Gasteiger partial charge in [-0.2, -0.15) is 0 Å². The maximum absolute atomic E-state index is 12.0. The molecule has 5 nitrogen and oxygen atoms in total. The number of hydrogen-bond acceptors (Lipinski definition) is 4. The average Bonchev–Trinajstić information content (AvgIpc) is 2.71. The van der Waals surface area contributed by atoms with Gasteiger partial charge in [0.05, 0.1) is 0 Å². The molecular weight excluding hydrogens is 314 g/mol. The van der Waals surface area contributed by atoms with E-state index in [1.165, 1.54) is 6.07 Å². The van der Waals surface area contributed by atoms with E-state index in [4.69, 9.17) is 9.15 Å². The van der Waals surface area contributed by atoms with Gasteiger partial charge in [0.25, 0.3) is 5.91 Å². The number of amides is 1. The maximum atomic E-state index is 12.0. The van der Waals surface area contributed by atoms with E-state index in [1.807, 2.05) is 27.7 Å². The number of nitrogens with zero attached hydrogens (tertiary/aromatic N) is 1. The molecule has 1 aromatic heterocycles. The topological polar surface area (TPSA) is 59.8 Å². The molecule has 0 radical (unpaired) electrons. The minimum absolute atomic E-state index is 0.0592. The fourth-order valence-corrected chi connectivity index (χ4v) is 2.18. The summed E-state index contributed by atoms with van der Waals surface area (Å²) in [6.07, 6.45) is 0. The molecule has 106 valence electrons. The second-order valence-corrected chi connectivity index (χ2v) is 5.45. The van der Waals surface area contributed by atoms with Crippen molar-refractivity contribution in [1.29, 1.82) is 0 Å². The van der Waals surface area contributed by atoms with Crippen molar-refractivity contribution in [3.63, 3.8) is 0 Å². The summed E-state index contributed by atoms with van der Waals surface area (Å²) >= 11 is 3.09. The number of furan rings is 1. The van der Waals surface area contributed by atoms with Crippen LogP contribution in [0.4, 0.5) is 0 Å². The summed E-state index contributed by atoms with van der Waals surface area (Å²) in [5.74, 6) is -0.796. The third-order valence-electron chi connectivity index (χ3n) is 2.50. The maximum Gasteiger partial charge on any atom is 0.374 e. The van der Waals surface area contributed by atoms with Crippen LogP contribution in [0, 0.1) is 0 Å². The van der Waals surface area contributed by atoms with E-state index in [0.717, 1.165) is 0 Å². The molecule has 0 saturated heterocycles. The zero-order valence-electron chi connectivity index (χ0n) is 11.5. The number of rotatable bonds is 5. The lowest BCUT2D eigenvalue weighted by atomic mass is 10.2. The first-order valence-electron chi connectivity index (χ1n) is 6.06. The molecule has 1 heterocycles. The minimum Gasteiger partial charge on any atom is -0.450 e. The highest BCUT2D eigenvalue weighted by Gasteiger charge is 2.22. The summed E-state index contributed by atoms with van der Waals surface area (Å²) in [6.45, 7) is 7.40. The minimum atomic E-state index is -0.647.